The van der Waals surface area contributed by atoms with Gasteiger partial charge in [-0.25, -0.2) is 0 Å². The van der Waals surface area contributed by atoms with Crippen LogP contribution in [0.15, 0.2) is 0 Å². The lowest BCUT2D eigenvalue weighted by Gasteiger charge is -2.27. The molecule has 3 heteroatoms. The van der Waals surface area contributed by atoms with Crippen molar-refractivity contribution in [2.24, 2.45) is 23.2 Å². The van der Waals surface area contributed by atoms with Crippen LogP contribution in [0, 0.1) is 23.2 Å². The first kappa shape index (κ1) is 14.4. The fourth-order valence-electron chi connectivity index (χ4n) is 3.66. The van der Waals surface area contributed by atoms with Crippen molar-refractivity contribution in [3.63, 3.8) is 0 Å². The largest absolute Gasteiger partial charge is 0.355 e. The van der Waals surface area contributed by atoms with E-state index < -0.39 is 0 Å². The lowest BCUT2D eigenvalue weighted by atomic mass is 9.86. The van der Waals surface area contributed by atoms with Gasteiger partial charge in [-0.3, -0.25) is 4.79 Å². The van der Waals surface area contributed by atoms with E-state index in [1.165, 1.54) is 25.7 Å². The van der Waals surface area contributed by atoms with Gasteiger partial charge in [0.15, 0.2) is 0 Å². The van der Waals surface area contributed by atoms with E-state index in [0.29, 0.717) is 17.7 Å². The monoisotopic (exact) mass is 315 g/mol. The fourth-order valence-corrected chi connectivity index (χ4v) is 3.94. The molecule has 2 bridgehead atoms. The summed E-state index contributed by atoms with van der Waals surface area (Å²) in [5.74, 6) is 2.21. The van der Waals surface area contributed by atoms with Gasteiger partial charge >= 0.3 is 0 Å². The number of alkyl halides is 1. The SMILES string of the molecule is CC(C)(CCCBr)CNC(=O)C1CC2CCC1C2. The summed E-state index contributed by atoms with van der Waals surface area (Å²) >= 11 is 3.47. The Morgan fingerprint density at radius 1 is 1.33 bits per heavy atom. The van der Waals surface area contributed by atoms with E-state index in [9.17, 15) is 4.79 Å². The number of nitrogens with one attached hydrogen (secondary N) is 1. The molecule has 1 N–H and O–H groups in total. The lowest BCUT2D eigenvalue weighted by Crippen LogP contribution is -2.39. The van der Waals surface area contributed by atoms with E-state index in [1.807, 2.05) is 0 Å². The highest BCUT2D eigenvalue weighted by atomic mass is 79.9. The third-order valence-electron chi connectivity index (χ3n) is 4.80. The second-order valence-electron chi connectivity index (χ2n) is 6.96. The molecule has 2 rings (SSSR count). The Hall–Kier alpha value is -0.0500. The zero-order valence-electron chi connectivity index (χ0n) is 11.7. The van der Waals surface area contributed by atoms with Crippen LogP contribution in [-0.2, 0) is 4.79 Å². The number of amides is 1. The Morgan fingerprint density at radius 2 is 2.11 bits per heavy atom. The molecule has 18 heavy (non-hydrogen) atoms. The van der Waals surface area contributed by atoms with Crippen molar-refractivity contribution >= 4 is 21.8 Å². The number of carbonyl (C=O) groups excluding carboxylic acids is 1. The highest BCUT2D eigenvalue weighted by Gasteiger charge is 2.43. The van der Waals surface area contributed by atoms with E-state index in [-0.39, 0.29) is 5.41 Å². The van der Waals surface area contributed by atoms with Crippen LogP contribution < -0.4 is 5.32 Å². The predicted octanol–water partition coefficient (Wildman–Crippen LogP) is 3.74. The van der Waals surface area contributed by atoms with Crippen LogP contribution in [-0.4, -0.2) is 17.8 Å². The maximum Gasteiger partial charge on any atom is 0.223 e. The maximum absolute atomic E-state index is 12.2. The average Bonchev–Trinajstić information content (AvgIpc) is 2.96. The van der Waals surface area contributed by atoms with E-state index in [2.05, 4.69) is 35.1 Å². The number of rotatable bonds is 6. The highest BCUT2D eigenvalue weighted by molar-refractivity contribution is 9.09. The van der Waals surface area contributed by atoms with Gasteiger partial charge in [-0.2, -0.15) is 0 Å². The minimum Gasteiger partial charge on any atom is -0.355 e. The van der Waals surface area contributed by atoms with Crippen molar-refractivity contribution in [2.45, 2.75) is 52.4 Å². The van der Waals surface area contributed by atoms with Gasteiger partial charge in [-0.05, 0) is 49.4 Å². The molecule has 0 aromatic heterocycles. The van der Waals surface area contributed by atoms with Gasteiger partial charge in [-0.15, -0.1) is 0 Å². The van der Waals surface area contributed by atoms with Crippen LogP contribution >= 0.6 is 15.9 Å². The number of carbonyl (C=O) groups is 1. The summed E-state index contributed by atoms with van der Waals surface area (Å²) in [6.45, 7) is 5.32. The van der Waals surface area contributed by atoms with Crippen molar-refractivity contribution in [2.75, 3.05) is 11.9 Å². The van der Waals surface area contributed by atoms with E-state index >= 15 is 0 Å². The zero-order chi connectivity index (χ0) is 13.2. The molecule has 3 unspecified atom stereocenters. The van der Waals surface area contributed by atoms with Crippen LogP contribution in [0.5, 0.6) is 0 Å². The first-order chi connectivity index (χ1) is 8.52. The molecule has 1 amide bonds. The molecule has 0 heterocycles. The number of hydrogen-bond acceptors (Lipinski definition) is 1. The van der Waals surface area contributed by atoms with Gasteiger partial charge < -0.3 is 5.32 Å². The highest BCUT2D eigenvalue weighted by Crippen LogP contribution is 2.48. The zero-order valence-corrected chi connectivity index (χ0v) is 13.3. The van der Waals surface area contributed by atoms with Crippen molar-refractivity contribution < 1.29 is 4.79 Å². The normalized spacial score (nSPS) is 30.7. The minimum atomic E-state index is 0.223. The Labute approximate surface area is 119 Å². The van der Waals surface area contributed by atoms with Gasteiger partial charge in [0.1, 0.15) is 0 Å². The third kappa shape index (κ3) is 3.49. The van der Waals surface area contributed by atoms with Crippen LogP contribution in [0.3, 0.4) is 0 Å². The van der Waals surface area contributed by atoms with Gasteiger partial charge in [0.2, 0.25) is 5.91 Å². The van der Waals surface area contributed by atoms with Crippen LogP contribution in [0.4, 0.5) is 0 Å². The molecule has 0 saturated heterocycles. The molecule has 104 valence electrons. The standard InChI is InChI=1S/C15H26BrNO/c1-15(2,6-3-7-16)10-17-14(18)13-9-11-4-5-12(13)8-11/h11-13H,3-10H2,1-2H3,(H,17,18). The lowest BCUT2D eigenvalue weighted by molar-refractivity contribution is -0.127. The Bertz CT molecular complexity index is 303. The molecule has 2 aliphatic rings. The van der Waals surface area contributed by atoms with E-state index in [4.69, 9.17) is 0 Å². The second-order valence-corrected chi connectivity index (χ2v) is 7.75. The molecule has 0 aliphatic heterocycles. The number of fused-ring (bicyclic) bond motifs is 2. The van der Waals surface area contributed by atoms with Gasteiger partial charge in [0.25, 0.3) is 0 Å². The van der Waals surface area contributed by atoms with Crippen LogP contribution in [0.2, 0.25) is 0 Å². The Morgan fingerprint density at radius 3 is 2.67 bits per heavy atom. The summed E-state index contributed by atoms with van der Waals surface area (Å²) in [5, 5.41) is 4.26. The van der Waals surface area contributed by atoms with Gasteiger partial charge in [-0.1, -0.05) is 36.2 Å². The molecule has 2 nitrogen and oxygen atoms in total. The molecule has 0 aromatic carbocycles. The predicted molar refractivity (Wildman–Crippen MR) is 78.8 cm³/mol. The second kappa shape index (κ2) is 5.94. The summed E-state index contributed by atoms with van der Waals surface area (Å²) in [4.78, 5) is 12.2. The van der Waals surface area contributed by atoms with Gasteiger partial charge in [0, 0.05) is 17.8 Å². The van der Waals surface area contributed by atoms with E-state index in [1.54, 1.807) is 0 Å². The van der Waals surface area contributed by atoms with Crippen LogP contribution in [0.25, 0.3) is 0 Å². The molecule has 2 aliphatic carbocycles. The molecule has 2 saturated carbocycles. The minimum absolute atomic E-state index is 0.223. The first-order valence-corrected chi connectivity index (χ1v) is 8.48. The molecule has 0 aromatic rings. The summed E-state index contributed by atoms with van der Waals surface area (Å²) < 4.78 is 0. The Kier molecular flexibility index (Phi) is 4.74. The smallest absolute Gasteiger partial charge is 0.223 e. The topological polar surface area (TPSA) is 29.1 Å². The van der Waals surface area contributed by atoms with Crippen molar-refractivity contribution in [1.29, 1.82) is 0 Å². The van der Waals surface area contributed by atoms with Crippen LogP contribution in [0.1, 0.15) is 52.4 Å². The molecule has 0 spiro atoms. The molecule has 2 fully saturated rings. The molecule has 3 atom stereocenters. The molecular formula is C15H26BrNO. The van der Waals surface area contributed by atoms with E-state index in [0.717, 1.165) is 30.6 Å². The molecule has 0 radical (unpaired) electrons. The van der Waals surface area contributed by atoms with Gasteiger partial charge in [0.05, 0.1) is 0 Å². The fraction of sp³-hybridized carbons (Fsp3) is 0.933. The Balaban J connectivity index is 1.74. The first-order valence-electron chi connectivity index (χ1n) is 7.35. The molecular weight excluding hydrogens is 290 g/mol. The quantitative estimate of drug-likeness (QED) is 0.743. The maximum atomic E-state index is 12.2. The number of hydrogen-bond donors (Lipinski definition) is 1. The number of halogens is 1. The third-order valence-corrected chi connectivity index (χ3v) is 5.36. The van der Waals surface area contributed by atoms with Crippen molar-refractivity contribution in [1.82, 2.24) is 5.32 Å². The van der Waals surface area contributed by atoms with Crippen molar-refractivity contribution in [3.8, 4) is 0 Å². The summed E-state index contributed by atoms with van der Waals surface area (Å²) in [6, 6.07) is 0. The average molecular weight is 316 g/mol. The summed E-state index contributed by atoms with van der Waals surface area (Å²) in [5.41, 5.74) is 0.223. The summed E-state index contributed by atoms with van der Waals surface area (Å²) in [6.07, 6.45) is 7.45. The van der Waals surface area contributed by atoms with Crippen molar-refractivity contribution in [3.05, 3.63) is 0 Å². The summed E-state index contributed by atoms with van der Waals surface area (Å²) in [7, 11) is 0.